The van der Waals surface area contributed by atoms with Crippen molar-refractivity contribution < 1.29 is 13.9 Å². The molecule has 2 aromatic rings. The lowest BCUT2D eigenvalue weighted by Gasteiger charge is -2.19. The Kier molecular flexibility index (Phi) is 2.59. The maximum Gasteiger partial charge on any atom is 0.294 e. The first-order chi connectivity index (χ1) is 8.78. The van der Waals surface area contributed by atoms with Gasteiger partial charge in [0.2, 0.25) is 0 Å². The number of fused-ring (bicyclic) bond motifs is 1. The van der Waals surface area contributed by atoms with E-state index in [0.29, 0.717) is 19.2 Å². The smallest absolute Gasteiger partial charge is 0.294 e. The zero-order valence-electron chi connectivity index (χ0n) is 10.3. The molecule has 0 aliphatic carbocycles. The maximum absolute atomic E-state index is 5.57. The molecule has 1 aromatic carbocycles. The number of aryl methyl sites for hydroxylation is 1. The van der Waals surface area contributed by atoms with Crippen LogP contribution in [0.15, 0.2) is 22.8 Å². The number of hydrogen-bond donors (Lipinski definition) is 1. The summed E-state index contributed by atoms with van der Waals surface area (Å²) >= 11 is 0. The molecule has 5 heteroatoms. The normalized spacial score (nSPS) is 13.4. The number of anilines is 1. The number of nitrogens with zero attached hydrogens (tertiary/aromatic N) is 1. The molecular formula is C13H14N2O3. The molecule has 0 spiro atoms. The Morgan fingerprint density at radius 1 is 1.17 bits per heavy atom. The monoisotopic (exact) mass is 246 g/mol. The summed E-state index contributed by atoms with van der Waals surface area (Å²) in [6.07, 6.45) is 1.63. The van der Waals surface area contributed by atoms with Crippen LogP contribution in [0.4, 0.5) is 6.01 Å². The van der Waals surface area contributed by atoms with Crippen molar-refractivity contribution in [2.45, 2.75) is 6.92 Å². The molecule has 0 bridgehead atoms. The first kappa shape index (κ1) is 11.0. The van der Waals surface area contributed by atoms with E-state index in [4.69, 9.17) is 13.9 Å². The SMILES string of the molecule is CNc1nc(-c2cc3c(cc2C)OCCO3)co1. The van der Waals surface area contributed by atoms with Crippen LogP contribution in [-0.2, 0) is 0 Å². The van der Waals surface area contributed by atoms with Crippen LogP contribution in [0.2, 0.25) is 0 Å². The minimum atomic E-state index is 0.499. The maximum atomic E-state index is 5.57. The highest BCUT2D eigenvalue weighted by Gasteiger charge is 2.16. The number of nitrogens with one attached hydrogen (secondary N) is 1. The van der Waals surface area contributed by atoms with Gasteiger partial charge in [-0.25, -0.2) is 0 Å². The van der Waals surface area contributed by atoms with Crippen LogP contribution in [0.3, 0.4) is 0 Å². The Bertz CT molecular complexity index is 578. The number of hydrogen-bond acceptors (Lipinski definition) is 5. The fourth-order valence-electron chi connectivity index (χ4n) is 1.98. The van der Waals surface area contributed by atoms with Crippen molar-refractivity contribution in [3.05, 3.63) is 24.0 Å². The molecule has 1 N–H and O–H groups in total. The summed E-state index contributed by atoms with van der Waals surface area (Å²) in [5.41, 5.74) is 2.86. The van der Waals surface area contributed by atoms with Crippen molar-refractivity contribution in [1.29, 1.82) is 0 Å². The Hall–Kier alpha value is -2.17. The quantitative estimate of drug-likeness (QED) is 0.882. The molecular weight excluding hydrogens is 232 g/mol. The Morgan fingerprint density at radius 3 is 2.56 bits per heavy atom. The second kappa shape index (κ2) is 4.25. The van der Waals surface area contributed by atoms with Gasteiger partial charge >= 0.3 is 0 Å². The molecule has 0 fully saturated rings. The topological polar surface area (TPSA) is 56.5 Å². The first-order valence-corrected chi connectivity index (χ1v) is 5.82. The minimum Gasteiger partial charge on any atom is -0.486 e. The van der Waals surface area contributed by atoms with E-state index in [2.05, 4.69) is 10.3 Å². The van der Waals surface area contributed by atoms with Crippen LogP contribution in [-0.4, -0.2) is 25.2 Å². The molecule has 0 saturated carbocycles. The summed E-state index contributed by atoms with van der Waals surface area (Å²) in [6, 6.07) is 4.41. The molecule has 0 unspecified atom stereocenters. The summed E-state index contributed by atoms with van der Waals surface area (Å²) in [5.74, 6) is 1.55. The summed E-state index contributed by atoms with van der Waals surface area (Å²) in [5, 5.41) is 2.87. The molecule has 0 radical (unpaired) electrons. The third-order valence-electron chi connectivity index (χ3n) is 2.88. The zero-order chi connectivity index (χ0) is 12.5. The molecule has 2 heterocycles. The fourth-order valence-corrected chi connectivity index (χ4v) is 1.98. The molecule has 0 atom stereocenters. The van der Waals surface area contributed by atoms with Crippen molar-refractivity contribution >= 4 is 6.01 Å². The predicted octanol–water partition coefficient (Wildman–Crippen LogP) is 2.46. The fraction of sp³-hybridized carbons (Fsp3) is 0.308. The van der Waals surface area contributed by atoms with E-state index in [1.165, 1.54) is 0 Å². The van der Waals surface area contributed by atoms with Gasteiger partial charge in [-0.15, -0.1) is 0 Å². The van der Waals surface area contributed by atoms with Crippen LogP contribution in [0.25, 0.3) is 11.3 Å². The summed E-state index contributed by atoms with van der Waals surface area (Å²) < 4.78 is 16.4. The van der Waals surface area contributed by atoms with E-state index < -0.39 is 0 Å². The standard InChI is InChI=1S/C13H14N2O3/c1-8-5-11-12(17-4-3-16-11)6-9(8)10-7-18-13(14-2)15-10/h5-7H,3-4H2,1-2H3,(H,14,15). The van der Waals surface area contributed by atoms with Gasteiger partial charge in [0, 0.05) is 12.6 Å². The summed E-state index contributed by atoms with van der Waals surface area (Å²) in [6.45, 7) is 3.19. The summed E-state index contributed by atoms with van der Waals surface area (Å²) in [7, 11) is 1.77. The molecule has 94 valence electrons. The van der Waals surface area contributed by atoms with E-state index in [1.807, 2.05) is 19.1 Å². The van der Waals surface area contributed by atoms with E-state index in [9.17, 15) is 0 Å². The third kappa shape index (κ3) is 1.77. The van der Waals surface area contributed by atoms with Gasteiger partial charge in [0.05, 0.1) is 0 Å². The number of ether oxygens (including phenoxy) is 2. The molecule has 1 aromatic heterocycles. The highest BCUT2D eigenvalue weighted by Crippen LogP contribution is 2.37. The second-order valence-electron chi connectivity index (χ2n) is 4.10. The van der Waals surface area contributed by atoms with Crippen molar-refractivity contribution in [3.63, 3.8) is 0 Å². The number of oxazole rings is 1. The highest BCUT2D eigenvalue weighted by atomic mass is 16.6. The zero-order valence-corrected chi connectivity index (χ0v) is 10.3. The lowest BCUT2D eigenvalue weighted by atomic mass is 10.1. The van der Waals surface area contributed by atoms with Gasteiger partial charge < -0.3 is 19.2 Å². The number of aromatic nitrogens is 1. The van der Waals surface area contributed by atoms with Gasteiger partial charge in [-0.2, -0.15) is 4.98 Å². The second-order valence-corrected chi connectivity index (χ2v) is 4.10. The van der Waals surface area contributed by atoms with Crippen molar-refractivity contribution in [2.24, 2.45) is 0 Å². The largest absolute Gasteiger partial charge is 0.486 e. The average molecular weight is 246 g/mol. The van der Waals surface area contributed by atoms with Crippen LogP contribution < -0.4 is 14.8 Å². The molecule has 0 saturated heterocycles. The molecule has 0 amide bonds. The molecule has 1 aliphatic heterocycles. The van der Waals surface area contributed by atoms with Crippen LogP contribution >= 0.6 is 0 Å². The number of rotatable bonds is 2. The van der Waals surface area contributed by atoms with Crippen LogP contribution in [0.1, 0.15) is 5.56 Å². The molecule has 18 heavy (non-hydrogen) atoms. The predicted molar refractivity (Wildman–Crippen MR) is 67.2 cm³/mol. The van der Waals surface area contributed by atoms with Crippen LogP contribution in [0.5, 0.6) is 11.5 Å². The van der Waals surface area contributed by atoms with E-state index in [1.54, 1.807) is 13.3 Å². The number of benzene rings is 1. The van der Waals surface area contributed by atoms with Crippen LogP contribution in [0, 0.1) is 6.92 Å². The Labute approximate surface area is 105 Å². The Morgan fingerprint density at radius 2 is 1.89 bits per heavy atom. The molecule has 5 nitrogen and oxygen atoms in total. The van der Waals surface area contributed by atoms with E-state index in [-0.39, 0.29) is 0 Å². The summed E-state index contributed by atoms with van der Waals surface area (Å²) in [4.78, 5) is 4.33. The Balaban J connectivity index is 2.06. The minimum absolute atomic E-state index is 0.499. The van der Waals surface area contributed by atoms with Gasteiger partial charge in [-0.05, 0) is 24.6 Å². The molecule has 3 rings (SSSR count). The van der Waals surface area contributed by atoms with Crippen molar-refractivity contribution in [1.82, 2.24) is 4.98 Å². The van der Waals surface area contributed by atoms with E-state index in [0.717, 1.165) is 28.3 Å². The van der Waals surface area contributed by atoms with Crippen molar-refractivity contribution in [3.8, 4) is 22.8 Å². The van der Waals surface area contributed by atoms with Gasteiger partial charge in [-0.1, -0.05) is 0 Å². The lowest BCUT2D eigenvalue weighted by molar-refractivity contribution is 0.171. The van der Waals surface area contributed by atoms with Gasteiger partial charge in [0.25, 0.3) is 6.01 Å². The van der Waals surface area contributed by atoms with Crippen molar-refractivity contribution in [2.75, 3.05) is 25.6 Å². The average Bonchev–Trinajstić information content (AvgIpc) is 2.86. The highest BCUT2D eigenvalue weighted by molar-refractivity contribution is 5.68. The first-order valence-electron chi connectivity index (χ1n) is 5.82. The lowest BCUT2D eigenvalue weighted by Crippen LogP contribution is -2.15. The third-order valence-corrected chi connectivity index (χ3v) is 2.88. The van der Waals surface area contributed by atoms with Gasteiger partial charge in [-0.3, -0.25) is 0 Å². The van der Waals surface area contributed by atoms with Gasteiger partial charge in [0.15, 0.2) is 11.5 Å². The van der Waals surface area contributed by atoms with Gasteiger partial charge in [0.1, 0.15) is 25.2 Å². The van der Waals surface area contributed by atoms with E-state index >= 15 is 0 Å². The molecule has 1 aliphatic rings.